The largest absolute Gasteiger partial charge is 0.508 e. The summed E-state index contributed by atoms with van der Waals surface area (Å²) < 4.78 is 3.56. The maximum Gasteiger partial charge on any atom is 0.284 e. The van der Waals surface area contributed by atoms with E-state index in [2.05, 4.69) is 14.9 Å². The molecule has 1 fully saturated rings. The van der Waals surface area contributed by atoms with Crippen molar-refractivity contribution < 1.29 is 5.11 Å². The summed E-state index contributed by atoms with van der Waals surface area (Å²) in [5.74, 6) is 0.789. The Balaban J connectivity index is 1.68. The van der Waals surface area contributed by atoms with E-state index >= 15 is 0 Å². The highest BCUT2D eigenvalue weighted by molar-refractivity contribution is 6.37. The van der Waals surface area contributed by atoms with Crippen molar-refractivity contribution in [1.29, 1.82) is 0 Å². The Morgan fingerprint density at radius 3 is 2.40 bits per heavy atom. The second-order valence-corrected chi connectivity index (χ2v) is 10.0. The van der Waals surface area contributed by atoms with Crippen molar-refractivity contribution in [1.82, 2.24) is 29.2 Å². The van der Waals surface area contributed by atoms with Crippen LogP contribution < -0.4 is 5.56 Å². The zero-order valence-electron chi connectivity index (χ0n) is 19.8. The van der Waals surface area contributed by atoms with Gasteiger partial charge in [0.1, 0.15) is 17.0 Å². The van der Waals surface area contributed by atoms with Crippen molar-refractivity contribution in [2.24, 2.45) is 7.05 Å². The third-order valence-electron chi connectivity index (χ3n) is 6.49. The summed E-state index contributed by atoms with van der Waals surface area (Å²) in [7, 11) is 1.84. The predicted molar refractivity (Wildman–Crippen MR) is 137 cm³/mol. The Morgan fingerprint density at radius 2 is 1.77 bits per heavy atom. The average Bonchev–Trinajstić information content (AvgIpc) is 3.41. The normalized spacial score (nSPS) is 14.5. The van der Waals surface area contributed by atoms with Crippen LogP contribution in [-0.2, 0) is 13.6 Å². The summed E-state index contributed by atoms with van der Waals surface area (Å²) in [6.45, 7) is 6.76. The Morgan fingerprint density at radius 1 is 1.09 bits per heavy atom. The van der Waals surface area contributed by atoms with Gasteiger partial charge in [0, 0.05) is 37.1 Å². The smallest absolute Gasteiger partial charge is 0.284 e. The number of aromatic nitrogens is 5. The molecule has 2 aromatic rings. The van der Waals surface area contributed by atoms with Crippen molar-refractivity contribution in [2.75, 3.05) is 13.1 Å². The van der Waals surface area contributed by atoms with E-state index in [-0.39, 0.29) is 17.5 Å². The van der Waals surface area contributed by atoms with Gasteiger partial charge in [0.15, 0.2) is 11.6 Å². The Hall–Kier alpha value is -2.94. The van der Waals surface area contributed by atoms with Crippen LogP contribution in [-0.4, -0.2) is 47.4 Å². The number of phenols is 1. The summed E-state index contributed by atoms with van der Waals surface area (Å²) in [6.07, 6.45) is 5.36. The lowest BCUT2D eigenvalue weighted by Gasteiger charge is -2.16. The van der Waals surface area contributed by atoms with Gasteiger partial charge in [0.05, 0.1) is 15.7 Å². The number of fused-ring (bicyclic) bond motifs is 1. The summed E-state index contributed by atoms with van der Waals surface area (Å²) in [4.78, 5) is 28.7. The minimum absolute atomic E-state index is 0.0132. The quantitative estimate of drug-likeness (QED) is 0.410. The molecule has 182 valence electrons. The Bertz CT molecular complexity index is 1420. The van der Waals surface area contributed by atoms with Gasteiger partial charge in [0.2, 0.25) is 0 Å². The molecule has 1 saturated heterocycles. The Kier molecular flexibility index (Phi) is 6.29. The monoisotopic (exact) mass is 512 g/mol. The van der Waals surface area contributed by atoms with Gasteiger partial charge in [-0.3, -0.25) is 19.4 Å². The molecule has 0 spiro atoms. The molecule has 1 aromatic carbocycles. The van der Waals surface area contributed by atoms with Crippen molar-refractivity contribution in [3.63, 3.8) is 0 Å². The highest BCUT2D eigenvalue weighted by Gasteiger charge is 2.30. The Labute approximate surface area is 213 Å². The molecule has 1 N–H and O–H groups in total. The first-order chi connectivity index (χ1) is 16.8. The van der Waals surface area contributed by atoms with Crippen LogP contribution in [0.3, 0.4) is 0 Å². The fourth-order valence-corrected chi connectivity index (χ4v) is 5.42. The molecule has 0 aliphatic carbocycles. The van der Waals surface area contributed by atoms with Crippen molar-refractivity contribution >= 4 is 23.2 Å². The van der Waals surface area contributed by atoms with Crippen LogP contribution in [0.2, 0.25) is 10.0 Å². The lowest BCUT2D eigenvalue weighted by Crippen LogP contribution is -2.18. The molecule has 35 heavy (non-hydrogen) atoms. The zero-order chi connectivity index (χ0) is 24.9. The van der Waals surface area contributed by atoms with E-state index in [1.807, 2.05) is 37.7 Å². The molecule has 4 heterocycles. The zero-order valence-corrected chi connectivity index (χ0v) is 21.3. The van der Waals surface area contributed by atoms with Crippen molar-refractivity contribution in [2.45, 2.75) is 39.2 Å². The molecule has 8 nitrogen and oxygen atoms in total. The van der Waals surface area contributed by atoms with Crippen LogP contribution in [0, 0.1) is 0 Å². The number of hydrogen-bond acceptors (Lipinski definition) is 6. The number of rotatable bonds is 5. The lowest BCUT2D eigenvalue weighted by molar-refractivity contribution is 0.324. The number of pyridine rings is 1. The molecule has 3 aliphatic rings. The fourth-order valence-electron chi connectivity index (χ4n) is 4.89. The van der Waals surface area contributed by atoms with Gasteiger partial charge in [-0.25, -0.2) is 9.67 Å². The number of phenolic OH excluding ortho intramolecular Hbond substituents is 1. The fraction of sp³-hybridized carbons (Fsp3) is 0.360. The van der Waals surface area contributed by atoms with Crippen molar-refractivity contribution in [3.05, 3.63) is 62.2 Å². The van der Waals surface area contributed by atoms with Crippen LogP contribution in [0.25, 0.3) is 28.5 Å². The molecule has 3 aliphatic heterocycles. The van der Waals surface area contributed by atoms with Gasteiger partial charge < -0.3 is 5.11 Å². The van der Waals surface area contributed by atoms with E-state index in [1.54, 1.807) is 10.7 Å². The second kappa shape index (κ2) is 9.26. The third-order valence-corrected chi connectivity index (χ3v) is 7.04. The summed E-state index contributed by atoms with van der Waals surface area (Å²) in [6, 6.07) is 5.33. The highest BCUT2D eigenvalue weighted by Crippen LogP contribution is 2.37. The first-order valence-electron chi connectivity index (χ1n) is 11.6. The van der Waals surface area contributed by atoms with Crippen molar-refractivity contribution in [3.8, 4) is 34.2 Å². The molecule has 5 rings (SSSR count). The van der Waals surface area contributed by atoms with Gasteiger partial charge in [-0.15, -0.1) is 0 Å². The minimum atomic E-state index is -0.398. The lowest BCUT2D eigenvalue weighted by atomic mass is 10.0. The van der Waals surface area contributed by atoms with E-state index < -0.39 is 5.56 Å². The van der Waals surface area contributed by atoms with Crippen LogP contribution in [0.5, 0.6) is 5.75 Å². The SMILES string of the molecule is CC(C)c1c2c(=O)nc(-c3ccc(CN4CCCC4)c(O)c3)nc-2n(-c2c(Cl)cncc2Cl)n1C. The molecule has 10 heteroatoms. The van der Waals surface area contributed by atoms with E-state index in [9.17, 15) is 9.90 Å². The van der Waals surface area contributed by atoms with Gasteiger partial charge in [-0.2, -0.15) is 4.98 Å². The maximum atomic E-state index is 13.3. The average molecular weight is 513 g/mol. The first kappa shape index (κ1) is 23.8. The number of hydrogen-bond donors (Lipinski definition) is 1. The molecular weight excluding hydrogens is 487 g/mol. The van der Waals surface area contributed by atoms with Crippen LogP contribution >= 0.6 is 23.2 Å². The number of nitrogens with zero attached hydrogens (tertiary/aromatic N) is 6. The summed E-state index contributed by atoms with van der Waals surface area (Å²) in [5.41, 5.74) is 2.65. The molecule has 0 radical (unpaired) electrons. The second-order valence-electron chi connectivity index (χ2n) is 9.20. The van der Waals surface area contributed by atoms with Crippen LogP contribution in [0.1, 0.15) is 43.9 Å². The predicted octanol–water partition coefficient (Wildman–Crippen LogP) is 4.86. The third kappa shape index (κ3) is 4.20. The summed E-state index contributed by atoms with van der Waals surface area (Å²) in [5, 5.41) is 11.4. The van der Waals surface area contributed by atoms with E-state index in [0.29, 0.717) is 39.2 Å². The van der Waals surface area contributed by atoms with Gasteiger partial charge in [-0.05, 0) is 37.9 Å². The molecular formula is C25H26Cl2N6O2. The first-order valence-corrected chi connectivity index (χ1v) is 12.4. The standard InChI is InChI=1S/C25H26Cl2N6O2/c1-14(2)21-20-24(33(31(21)3)22-17(26)11-28-12-18(22)27)29-23(30-25(20)35)15-6-7-16(19(34)10-15)13-32-8-4-5-9-32/h6-7,10-12,14,34H,4-5,8-9,13H2,1-3H3. The minimum Gasteiger partial charge on any atom is -0.508 e. The van der Waals surface area contributed by atoms with E-state index in [4.69, 9.17) is 28.2 Å². The highest BCUT2D eigenvalue weighted by atomic mass is 35.5. The van der Waals surface area contributed by atoms with Gasteiger partial charge in [0.25, 0.3) is 5.56 Å². The summed E-state index contributed by atoms with van der Waals surface area (Å²) >= 11 is 13.0. The van der Waals surface area contributed by atoms with Gasteiger partial charge in [-0.1, -0.05) is 49.2 Å². The number of aromatic hydroxyl groups is 1. The molecule has 0 atom stereocenters. The molecule has 1 aromatic heterocycles. The van der Waals surface area contributed by atoms with Crippen LogP contribution in [0.4, 0.5) is 0 Å². The number of likely N-dealkylation sites (tertiary alicyclic amines) is 1. The van der Waals surface area contributed by atoms with Crippen LogP contribution in [0.15, 0.2) is 35.4 Å². The maximum absolute atomic E-state index is 13.3. The topological polar surface area (TPSA) is 89.1 Å². The number of halogens is 2. The number of benzene rings is 1. The molecule has 0 amide bonds. The molecule has 0 saturated carbocycles. The molecule has 0 unspecified atom stereocenters. The molecule has 0 bridgehead atoms. The van der Waals surface area contributed by atoms with E-state index in [1.165, 1.54) is 25.2 Å². The van der Waals surface area contributed by atoms with E-state index in [0.717, 1.165) is 24.3 Å². The van der Waals surface area contributed by atoms with Gasteiger partial charge >= 0.3 is 0 Å².